The second kappa shape index (κ2) is 7.43. The molecule has 4 heteroatoms. The zero-order valence-electron chi connectivity index (χ0n) is 14.9. The predicted octanol–water partition coefficient (Wildman–Crippen LogP) is 4.05. The summed E-state index contributed by atoms with van der Waals surface area (Å²) in [5.41, 5.74) is 4.81. The first-order valence-corrected chi connectivity index (χ1v) is 8.59. The highest BCUT2D eigenvalue weighted by molar-refractivity contribution is 6.03. The quantitative estimate of drug-likeness (QED) is 0.772. The Labute approximate surface area is 148 Å². The van der Waals surface area contributed by atoms with Crippen molar-refractivity contribution in [1.29, 1.82) is 0 Å². The Hall–Kier alpha value is -2.75. The molecular weight excluding hydrogens is 314 g/mol. The van der Waals surface area contributed by atoms with Gasteiger partial charge in [-0.25, -0.2) is 4.79 Å². The molecule has 3 rings (SSSR count). The van der Waals surface area contributed by atoms with E-state index in [9.17, 15) is 4.79 Å². The third-order valence-corrected chi connectivity index (χ3v) is 4.39. The Balaban J connectivity index is 2.19. The highest BCUT2D eigenvalue weighted by Gasteiger charge is 2.30. The monoisotopic (exact) mass is 337 g/mol. The molecule has 0 aliphatic carbocycles. The largest absolute Gasteiger partial charge is 0.497 e. The van der Waals surface area contributed by atoms with Crippen molar-refractivity contribution < 1.29 is 14.3 Å². The van der Waals surface area contributed by atoms with Crippen LogP contribution in [0.5, 0.6) is 5.75 Å². The van der Waals surface area contributed by atoms with Gasteiger partial charge in [-0.05, 0) is 31.0 Å². The van der Waals surface area contributed by atoms with Crippen LogP contribution < -0.4 is 9.64 Å². The van der Waals surface area contributed by atoms with E-state index in [1.165, 1.54) is 0 Å². The third-order valence-electron chi connectivity index (χ3n) is 4.39. The summed E-state index contributed by atoms with van der Waals surface area (Å²) in [6.07, 6.45) is 0.554. The Bertz CT molecular complexity index is 796. The fraction of sp³-hybridized carbons (Fsp3) is 0.286. The molecule has 1 heterocycles. The molecule has 0 radical (unpaired) electrons. The van der Waals surface area contributed by atoms with Crippen molar-refractivity contribution in [3.8, 4) is 5.75 Å². The molecule has 0 spiro atoms. The van der Waals surface area contributed by atoms with E-state index in [4.69, 9.17) is 9.47 Å². The lowest BCUT2D eigenvalue weighted by Crippen LogP contribution is -2.30. The highest BCUT2D eigenvalue weighted by Crippen LogP contribution is 2.40. The Morgan fingerprint density at radius 3 is 2.52 bits per heavy atom. The molecule has 2 aromatic rings. The summed E-state index contributed by atoms with van der Waals surface area (Å²) in [6, 6.07) is 16.0. The molecule has 0 fully saturated rings. The topological polar surface area (TPSA) is 38.8 Å². The van der Waals surface area contributed by atoms with Gasteiger partial charge in [-0.1, -0.05) is 36.4 Å². The van der Waals surface area contributed by atoms with E-state index in [0.29, 0.717) is 18.6 Å². The maximum absolute atomic E-state index is 12.6. The van der Waals surface area contributed by atoms with Crippen LogP contribution in [0.15, 0.2) is 54.1 Å². The molecule has 0 saturated carbocycles. The number of esters is 1. The van der Waals surface area contributed by atoms with Crippen LogP contribution in [0.4, 0.5) is 5.69 Å². The summed E-state index contributed by atoms with van der Waals surface area (Å²) in [5.74, 6) is 0.561. The Morgan fingerprint density at radius 1 is 1.12 bits per heavy atom. The molecule has 25 heavy (non-hydrogen) atoms. The number of anilines is 1. The Kier molecular flexibility index (Phi) is 5.08. The number of ether oxygens (including phenoxy) is 2. The van der Waals surface area contributed by atoms with Crippen molar-refractivity contribution in [3.05, 3.63) is 65.2 Å². The van der Waals surface area contributed by atoms with Gasteiger partial charge < -0.3 is 14.4 Å². The second-order valence-electron chi connectivity index (χ2n) is 5.83. The first kappa shape index (κ1) is 17.1. The number of fused-ring (bicyclic) bond motifs is 1. The lowest BCUT2D eigenvalue weighted by atomic mass is 9.92. The number of carbonyl (C=O) groups excluding carboxylic acids is 1. The average molecular weight is 337 g/mol. The van der Waals surface area contributed by atoms with Crippen LogP contribution in [-0.4, -0.2) is 26.2 Å². The van der Waals surface area contributed by atoms with Crippen LogP contribution in [0, 0.1) is 0 Å². The van der Waals surface area contributed by atoms with E-state index >= 15 is 0 Å². The maximum atomic E-state index is 12.6. The van der Waals surface area contributed by atoms with Crippen LogP contribution in [-0.2, 0) is 16.0 Å². The summed E-state index contributed by atoms with van der Waals surface area (Å²) in [4.78, 5) is 14.8. The third kappa shape index (κ3) is 3.25. The van der Waals surface area contributed by atoms with Crippen LogP contribution >= 0.6 is 0 Å². The number of carbonyl (C=O) groups is 1. The molecule has 0 unspecified atom stereocenters. The molecular formula is C21H23NO3. The minimum Gasteiger partial charge on any atom is -0.497 e. The van der Waals surface area contributed by atoms with E-state index < -0.39 is 0 Å². The summed E-state index contributed by atoms with van der Waals surface area (Å²) < 4.78 is 10.7. The fourth-order valence-electron chi connectivity index (χ4n) is 3.27. The van der Waals surface area contributed by atoms with Gasteiger partial charge in [-0.15, -0.1) is 0 Å². The molecule has 1 aliphatic rings. The predicted molar refractivity (Wildman–Crippen MR) is 99.7 cm³/mol. The van der Waals surface area contributed by atoms with Gasteiger partial charge in [0.05, 0.1) is 25.0 Å². The van der Waals surface area contributed by atoms with Gasteiger partial charge in [0.25, 0.3) is 0 Å². The number of rotatable bonds is 5. The van der Waals surface area contributed by atoms with Crippen molar-refractivity contribution >= 4 is 17.4 Å². The van der Waals surface area contributed by atoms with Crippen LogP contribution in [0.25, 0.3) is 5.70 Å². The molecule has 1 aliphatic heterocycles. The second-order valence-corrected chi connectivity index (χ2v) is 5.83. The molecule has 0 atom stereocenters. The smallest absolute Gasteiger partial charge is 0.336 e. The van der Waals surface area contributed by atoms with Crippen LogP contribution in [0.2, 0.25) is 0 Å². The number of nitrogens with zero attached hydrogens (tertiary/aromatic N) is 1. The molecule has 0 saturated heterocycles. The van der Waals surface area contributed by atoms with Gasteiger partial charge in [0, 0.05) is 24.7 Å². The van der Waals surface area contributed by atoms with Crippen molar-refractivity contribution in [2.45, 2.75) is 20.3 Å². The lowest BCUT2D eigenvalue weighted by Gasteiger charge is -2.34. The molecule has 0 amide bonds. The number of hydrogen-bond acceptors (Lipinski definition) is 4. The molecule has 130 valence electrons. The summed E-state index contributed by atoms with van der Waals surface area (Å²) in [7, 11) is 1.67. The van der Waals surface area contributed by atoms with E-state index in [2.05, 4.69) is 11.8 Å². The van der Waals surface area contributed by atoms with Gasteiger partial charge in [0.15, 0.2) is 0 Å². The average Bonchev–Trinajstić information content (AvgIpc) is 2.66. The summed E-state index contributed by atoms with van der Waals surface area (Å²) >= 11 is 0. The zero-order chi connectivity index (χ0) is 17.8. The lowest BCUT2D eigenvalue weighted by molar-refractivity contribution is -0.138. The van der Waals surface area contributed by atoms with Crippen molar-refractivity contribution in [2.75, 3.05) is 25.2 Å². The number of benzene rings is 2. The summed E-state index contributed by atoms with van der Waals surface area (Å²) in [6.45, 7) is 5.03. The van der Waals surface area contributed by atoms with E-state index in [1.807, 2.05) is 55.5 Å². The van der Waals surface area contributed by atoms with Crippen molar-refractivity contribution in [1.82, 2.24) is 0 Å². The number of hydrogen-bond donors (Lipinski definition) is 0. The van der Waals surface area contributed by atoms with Crippen LogP contribution in [0.1, 0.15) is 25.0 Å². The first-order valence-electron chi connectivity index (χ1n) is 8.59. The first-order chi connectivity index (χ1) is 12.2. The minimum atomic E-state index is -0.249. The normalized spacial score (nSPS) is 13.5. The van der Waals surface area contributed by atoms with Gasteiger partial charge in [0.1, 0.15) is 5.75 Å². The Morgan fingerprint density at radius 2 is 1.88 bits per heavy atom. The van der Waals surface area contributed by atoms with Gasteiger partial charge in [-0.3, -0.25) is 0 Å². The van der Waals surface area contributed by atoms with E-state index in [-0.39, 0.29) is 5.97 Å². The molecule has 4 nitrogen and oxygen atoms in total. The SMILES string of the molecule is CCOC(=O)C1=C(c2ccccc2)N(CC)c2cc(OC)ccc2C1. The summed E-state index contributed by atoms with van der Waals surface area (Å²) in [5, 5.41) is 0. The molecule has 2 aromatic carbocycles. The molecule has 0 bridgehead atoms. The van der Waals surface area contributed by atoms with Crippen molar-refractivity contribution in [3.63, 3.8) is 0 Å². The van der Waals surface area contributed by atoms with Crippen LogP contribution in [0.3, 0.4) is 0 Å². The zero-order valence-corrected chi connectivity index (χ0v) is 14.9. The van der Waals surface area contributed by atoms with E-state index in [0.717, 1.165) is 34.8 Å². The molecule has 0 aromatic heterocycles. The number of methoxy groups -OCH3 is 1. The minimum absolute atomic E-state index is 0.249. The van der Waals surface area contributed by atoms with Crippen molar-refractivity contribution in [2.24, 2.45) is 0 Å². The maximum Gasteiger partial charge on any atom is 0.336 e. The standard InChI is InChI=1S/C21H23NO3/c1-4-22-19-14-17(24-3)12-11-16(19)13-18(21(23)25-5-2)20(22)15-9-7-6-8-10-15/h6-12,14H,4-5,13H2,1-3H3. The van der Waals surface area contributed by atoms with Gasteiger partial charge in [-0.2, -0.15) is 0 Å². The van der Waals surface area contributed by atoms with E-state index in [1.54, 1.807) is 7.11 Å². The molecule has 0 N–H and O–H groups in total. The van der Waals surface area contributed by atoms with Gasteiger partial charge >= 0.3 is 5.97 Å². The highest BCUT2D eigenvalue weighted by atomic mass is 16.5. The fourth-order valence-corrected chi connectivity index (χ4v) is 3.27. The van der Waals surface area contributed by atoms with Gasteiger partial charge in [0.2, 0.25) is 0 Å².